The van der Waals surface area contributed by atoms with Gasteiger partial charge in [0.25, 0.3) is 11.8 Å². The van der Waals surface area contributed by atoms with E-state index < -0.39 is 0 Å². The maximum Gasteiger partial charge on any atom is 0.257 e. The number of hydrogen-bond donors (Lipinski definition) is 3. The molecule has 1 aromatic carbocycles. The fraction of sp³-hybridized carbons (Fsp3) is 0.263. The average molecular weight is 349 g/mol. The summed E-state index contributed by atoms with van der Waals surface area (Å²) in [5.74, 6) is 0.310. The van der Waals surface area contributed by atoms with Crippen LogP contribution in [0.1, 0.15) is 44.9 Å². The smallest absolute Gasteiger partial charge is 0.257 e. The lowest BCUT2D eigenvalue weighted by molar-refractivity contribution is 0.0949. The molecule has 0 unspecified atom stereocenters. The highest BCUT2D eigenvalue weighted by atomic mass is 16.2. The summed E-state index contributed by atoms with van der Waals surface area (Å²) in [5, 5.41) is 5.85. The molecule has 4 rings (SSSR count). The van der Waals surface area contributed by atoms with E-state index in [4.69, 9.17) is 0 Å². The molecule has 0 radical (unpaired) electrons. The molecule has 1 saturated carbocycles. The van der Waals surface area contributed by atoms with Gasteiger partial charge in [-0.25, -0.2) is 9.97 Å². The van der Waals surface area contributed by atoms with E-state index in [2.05, 4.69) is 25.6 Å². The van der Waals surface area contributed by atoms with E-state index in [-0.39, 0.29) is 17.9 Å². The second-order valence-corrected chi connectivity index (χ2v) is 6.61. The third-order valence-electron chi connectivity index (χ3n) is 4.42. The highest BCUT2D eigenvalue weighted by Crippen LogP contribution is 2.22. The minimum atomic E-state index is -0.274. The molecule has 0 saturated heterocycles. The van der Waals surface area contributed by atoms with Gasteiger partial charge in [-0.05, 0) is 50.5 Å². The van der Waals surface area contributed by atoms with Crippen molar-refractivity contribution in [3.63, 3.8) is 0 Å². The van der Waals surface area contributed by atoms with E-state index in [0.717, 1.165) is 18.4 Å². The summed E-state index contributed by atoms with van der Waals surface area (Å²) >= 11 is 0. The quantitative estimate of drug-likeness (QED) is 0.674. The van der Waals surface area contributed by atoms with E-state index in [9.17, 15) is 9.59 Å². The summed E-state index contributed by atoms with van der Waals surface area (Å²) in [6, 6.07) is 7.25. The monoisotopic (exact) mass is 349 g/mol. The Morgan fingerprint density at radius 3 is 2.73 bits per heavy atom. The fourth-order valence-corrected chi connectivity index (χ4v) is 2.80. The predicted octanol–water partition coefficient (Wildman–Crippen LogP) is 2.72. The van der Waals surface area contributed by atoms with Crippen molar-refractivity contribution in [2.24, 2.45) is 0 Å². The molecule has 2 heterocycles. The normalized spacial score (nSPS) is 13.6. The van der Waals surface area contributed by atoms with Gasteiger partial charge in [-0.15, -0.1) is 0 Å². The lowest BCUT2D eigenvalue weighted by atomic mass is 10.1. The molecule has 7 heteroatoms. The van der Waals surface area contributed by atoms with Crippen LogP contribution in [0.25, 0.3) is 11.2 Å². The van der Waals surface area contributed by atoms with Gasteiger partial charge in [0.05, 0.1) is 11.1 Å². The number of benzene rings is 1. The van der Waals surface area contributed by atoms with Crippen LogP contribution in [0.5, 0.6) is 0 Å². The van der Waals surface area contributed by atoms with Gasteiger partial charge in [0.2, 0.25) is 0 Å². The first-order chi connectivity index (χ1) is 12.5. The minimum absolute atomic E-state index is 0.113. The number of hydrogen-bond acceptors (Lipinski definition) is 4. The van der Waals surface area contributed by atoms with Crippen LogP contribution < -0.4 is 10.6 Å². The van der Waals surface area contributed by atoms with Gasteiger partial charge in [0.1, 0.15) is 5.82 Å². The third kappa shape index (κ3) is 3.15. The maximum absolute atomic E-state index is 12.8. The Bertz CT molecular complexity index is 1020. The zero-order valence-corrected chi connectivity index (χ0v) is 14.6. The van der Waals surface area contributed by atoms with Gasteiger partial charge in [-0.1, -0.05) is 6.07 Å². The molecular formula is C19H19N5O2. The van der Waals surface area contributed by atoms with Gasteiger partial charge < -0.3 is 15.6 Å². The number of rotatable bonds is 4. The summed E-state index contributed by atoms with van der Waals surface area (Å²) in [7, 11) is 0. The third-order valence-corrected chi connectivity index (χ3v) is 4.42. The number of aryl methyl sites for hydroxylation is 2. The topological polar surface area (TPSA) is 99.8 Å². The number of nitrogens with one attached hydrogen (secondary N) is 3. The van der Waals surface area contributed by atoms with E-state index >= 15 is 0 Å². The molecule has 3 N–H and O–H groups in total. The minimum Gasteiger partial charge on any atom is -0.349 e. The molecule has 26 heavy (non-hydrogen) atoms. The van der Waals surface area contributed by atoms with Crippen molar-refractivity contribution in [1.29, 1.82) is 0 Å². The Kier molecular flexibility index (Phi) is 3.91. The van der Waals surface area contributed by atoms with Crippen LogP contribution in [-0.2, 0) is 0 Å². The van der Waals surface area contributed by atoms with E-state index in [0.29, 0.717) is 33.8 Å². The lowest BCUT2D eigenvalue weighted by Gasteiger charge is -2.11. The summed E-state index contributed by atoms with van der Waals surface area (Å²) in [5.41, 5.74) is 3.59. The fourth-order valence-electron chi connectivity index (χ4n) is 2.80. The van der Waals surface area contributed by atoms with E-state index in [1.807, 2.05) is 19.9 Å². The van der Waals surface area contributed by atoms with Crippen molar-refractivity contribution in [2.45, 2.75) is 32.7 Å². The number of carbonyl (C=O) groups is 2. The van der Waals surface area contributed by atoms with E-state index in [1.165, 1.54) is 0 Å². The molecule has 2 aromatic heterocycles. The van der Waals surface area contributed by atoms with Crippen LogP contribution in [-0.4, -0.2) is 32.8 Å². The maximum atomic E-state index is 12.8. The SMILES string of the molecule is Cc1nc2nccc(C(=O)Nc3cc(C(=O)NC4CC4)ccc3C)c2[nH]1. The number of imidazole rings is 1. The van der Waals surface area contributed by atoms with Crippen LogP contribution in [0.3, 0.4) is 0 Å². The molecule has 1 aliphatic rings. The Labute approximate surface area is 150 Å². The lowest BCUT2D eigenvalue weighted by Crippen LogP contribution is -2.25. The van der Waals surface area contributed by atoms with Crippen molar-refractivity contribution in [2.75, 3.05) is 5.32 Å². The van der Waals surface area contributed by atoms with E-state index in [1.54, 1.807) is 24.4 Å². The van der Waals surface area contributed by atoms with Crippen LogP contribution in [0.15, 0.2) is 30.5 Å². The summed E-state index contributed by atoms with van der Waals surface area (Å²) in [6.45, 7) is 3.70. The summed E-state index contributed by atoms with van der Waals surface area (Å²) < 4.78 is 0. The molecule has 3 aromatic rings. The van der Waals surface area contributed by atoms with Crippen LogP contribution in [0, 0.1) is 13.8 Å². The first-order valence-corrected chi connectivity index (χ1v) is 8.55. The number of nitrogens with zero attached hydrogens (tertiary/aromatic N) is 2. The van der Waals surface area contributed by atoms with Crippen molar-refractivity contribution >= 4 is 28.7 Å². The van der Waals surface area contributed by atoms with Crippen molar-refractivity contribution in [1.82, 2.24) is 20.3 Å². The molecule has 0 bridgehead atoms. The number of aromatic amines is 1. The Hall–Kier alpha value is -3.22. The molecule has 1 fully saturated rings. The van der Waals surface area contributed by atoms with Gasteiger partial charge in [0, 0.05) is 23.5 Å². The Morgan fingerprint density at radius 2 is 1.96 bits per heavy atom. The second kappa shape index (κ2) is 6.25. The molecule has 0 spiro atoms. The first-order valence-electron chi connectivity index (χ1n) is 8.55. The number of aromatic nitrogens is 3. The van der Waals surface area contributed by atoms with Crippen molar-refractivity contribution in [3.05, 3.63) is 53.0 Å². The standard InChI is InChI=1S/C19H19N5O2/c1-10-3-4-12(18(25)23-13-5-6-13)9-15(10)24-19(26)14-7-8-20-17-16(14)21-11(2)22-17/h3-4,7-9,13H,5-6H2,1-2H3,(H,23,25)(H,24,26)(H,20,21,22). The van der Waals surface area contributed by atoms with Gasteiger partial charge in [-0.3, -0.25) is 9.59 Å². The summed E-state index contributed by atoms with van der Waals surface area (Å²) in [6.07, 6.45) is 3.62. The second-order valence-electron chi connectivity index (χ2n) is 6.61. The number of carbonyl (C=O) groups excluding carboxylic acids is 2. The highest BCUT2D eigenvalue weighted by Gasteiger charge is 2.24. The highest BCUT2D eigenvalue weighted by molar-refractivity contribution is 6.11. The van der Waals surface area contributed by atoms with Crippen molar-refractivity contribution < 1.29 is 9.59 Å². The number of pyridine rings is 1. The van der Waals surface area contributed by atoms with Gasteiger partial charge >= 0.3 is 0 Å². The zero-order valence-electron chi connectivity index (χ0n) is 14.6. The molecule has 1 aliphatic carbocycles. The van der Waals surface area contributed by atoms with Gasteiger partial charge in [-0.2, -0.15) is 0 Å². The van der Waals surface area contributed by atoms with Crippen LogP contribution in [0.4, 0.5) is 5.69 Å². The Morgan fingerprint density at radius 1 is 1.15 bits per heavy atom. The average Bonchev–Trinajstić information content (AvgIpc) is 3.33. The molecule has 132 valence electrons. The molecule has 7 nitrogen and oxygen atoms in total. The molecule has 2 amide bonds. The molecule has 0 aliphatic heterocycles. The van der Waals surface area contributed by atoms with Crippen LogP contribution >= 0.6 is 0 Å². The van der Waals surface area contributed by atoms with Gasteiger partial charge in [0.15, 0.2) is 5.65 Å². The molecule has 0 atom stereocenters. The first kappa shape index (κ1) is 16.3. The predicted molar refractivity (Wildman–Crippen MR) is 98.2 cm³/mol. The number of amides is 2. The zero-order chi connectivity index (χ0) is 18.3. The van der Waals surface area contributed by atoms with Crippen LogP contribution in [0.2, 0.25) is 0 Å². The number of fused-ring (bicyclic) bond motifs is 1. The number of anilines is 1. The number of H-pyrrole nitrogens is 1. The summed E-state index contributed by atoms with van der Waals surface area (Å²) in [4.78, 5) is 36.5. The Balaban J connectivity index is 1.61. The molecular weight excluding hydrogens is 330 g/mol. The largest absolute Gasteiger partial charge is 0.349 e. The van der Waals surface area contributed by atoms with Crippen molar-refractivity contribution in [3.8, 4) is 0 Å².